The number of anilines is 1. The van der Waals surface area contributed by atoms with Crippen molar-refractivity contribution in [3.63, 3.8) is 0 Å². The van der Waals surface area contributed by atoms with Crippen LogP contribution in [0.15, 0.2) is 48.5 Å². The first kappa shape index (κ1) is 17.8. The zero-order valence-corrected chi connectivity index (χ0v) is 13.9. The zero-order chi connectivity index (χ0) is 17.5. The Morgan fingerprint density at radius 3 is 2.33 bits per heavy atom. The standard InChI is InChI=1S/C19H23NO4/c1-13-3-7-16(8-4-13)20-19(23)24-18(14(2)11-12-21)15-5-9-17(22)10-6-15/h3-10,14,18,21-22H,11-12H2,1-2H3,(H,20,23)/t14-,18+/m1/s1. The summed E-state index contributed by atoms with van der Waals surface area (Å²) in [4.78, 5) is 12.2. The van der Waals surface area contributed by atoms with E-state index >= 15 is 0 Å². The Bertz CT molecular complexity index is 652. The number of amides is 1. The van der Waals surface area contributed by atoms with E-state index in [4.69, 9.17) is 4.74 Å². The van der Waals surface area contributed by atoms with E-state index in [1.54, 1.807) is 24.3 Å². The average Bonchev–Trinajstić information content (AvgIpc) is 2.56. The lowest BCUT2D eigenvalue weighted by atomic mass is 9.94. The van der Waals surface area contributed by atoms with Crippen molar-refractivity contribution in [1.29, 1.82) is 0 Å². The summed E-state index contributed by atoms with van der Waals surface area (Å²) in [6.45, 7) is 3.89. The molecule has 0 aliphatic carbocycles. The summed E-state index contributed by atoms with van der Waals surface area (Å²) in [6.07, 6.45) is -0.562. The van der Waals surface area contributed by atoms with Crippen LogP contribution in [0.3, 0.4) is 0 Å². The number of nitrogens with one attached hydrogen (secondary N) is 1. The Kier molecular flexibility index (Phi) is 6.21. The van der Waals surface area contributed by atoms with Crippen molar-refractivity contribution in [2.24, 2.45) is 5.92 Å². The van der Waals surface area contributed by atoms with Gasteiger partial charge in [-0.25, -0.2) is 4.79 Å². The van der Waals surface area contributed by atoms with Crippen LogP contribution in [0.2, 0.25) is 0 Å². The number of aryl methyl sites for hydroxylation is 1. The van der Waals surface area contributed by atoms with Gasteiger partial charge in [0.05, 0.1) is 0 Å². The molecule has 3 N–H and O–H groups in total. The van der Waals surface area contributed by atoms with E-state index in [-0.39, 0.29) is 18.3 Å². The summed E-state index contributed by atoms with van der Waals surface area (Å²) in [7, 11) is 0. The van der Waals surface area contributed by atoms with Crippen LogP contribution in [0.25, 0.3) is 0 Å². The molecule has 1 amide bonds. The summed E-state index contributed by atoms with van der Waals surface area (Å²) in [5.41, 5.74) is 2.53. The van der Waals surface area contributed by atoms with Gasteiger partial charge in [-0.3, -0.25) is 5.32 Å². The predicted molar refractivity (Wildman–Crippen MR) is 93.0 cm³/mol. The van der Waals surface area contributed by atoms with Crippen molar-refractivity contribution in [2.75, 3.05) is 11.9 Å². The number of phenols is 1. The fourth-order valence-electron chi connectivity index (χ4n) is 2.43. The molecule has 0 saturated carbocycles. The third kappa shape index (κ3) is 4.99. The SMILES string of the molecule is Cc1ccc(NC(=O)O[C@H](c2ccc(O)cc2)[C@H](C)CCO)cc1. The van der Waals surface area contributed by atoms with Crippen molar-refractivity contribution < 1.29 is 19.7 Å². The van der Waals surface area contributed by atoms with Gasteiger partial charge in [0, 0.05) is 12.3 Å². The fourth-order valence-corrected chi connectivity index (χ4v) is 2.43. The Balaban J connectivity index is 2.10. The first-order chi connectivity index (χ1) is 11.5. The second-order valence-electron chi connectivity index (χ2n) is 5.90. The van der Waals surface area contributed by atoms with Crippen molar-refractivity contribution >= 4 is 11.8 Å². The van der Waals surface area contributed by atoms with Gasteiger partial charge in [0.2, 0.25) is 0 Å². The van der Waals surface area contributed by atoms with Crippen molar-refractivity contribution in [3.8, 4) is 5.75 Å². The number of ether oxygens (including phenoxy) is 1. The normalized spacial score (nSPS) is 13.1. The number of aliphatic hydroxyl groups is 1. The highest BCUT2D eigenvalue weighted by molar-refractivity contribution is 5.84. The topological polar surface area (TPSA) is 78.8 Å². The summed E-state index contributed by atoms with van der Waals surface area (Å²) in [5, 5.41) is 21.3. The fraction of sp³-hybridized carbons (Fsp3) is 0.316. The smallest absolute Gasteiger partial charge is 0.412 e. The van der Waals surface area contributed by atoms with Gasteiger partial charge in [-0.2, -0.15) is 0 Å². The maximum Gasteiger partial charge on any atom is 0.412 e. The lowest BCUT2D eigenvalue weighted by Gasteiger charge is -2.24. The highest BCUT2D eigenvalue weighted by Crippen LogP contribution is 2.30. The minimum Gasteiger partial charge on any atom is -0.508 e. The van der Waals surface area contributed by atoms with Gasteiger partial charge in [-0.1, -0.05) is 36.8 Å². The predicted octanol–water partition coefficient (Wildman–Crippen LogP) is 4.01. The lowest BCUT2D eigenvalue weighted by Crippen LogP contribution is -2.22. The molecular formula is C19H23NO4. The quantitative estimate of drug-likeness (QED) is 0.748. The van der Waals surface area contributed by atoms with Gasteiger partial charge < -0.3 is 14.9 Å². The van der Waals surface area contributed by atoms with Crippen LogP contribution in [0.4, 0.5) is 10.5 Å². The monoisotopic (exact) mass is 329 g/mol. The molecule has 0 saturated heterocycles. The van der Waals surface area contributed by atoms with Gasteiger partial charge in [-0.05, 0) is 49.1 Å². The molecule has 0 aliphatic rings. The second-order valence-corrected chi connectivity index (χ2v) is 5.90. The number of carbonyl (C=O) groups is 1. The lowest BCUT2D eigenvalue weighted by molar-refractivity contribution is 0.0667. The maximum absolute atomic E-state index is 12.2. The van der Waals surface area contributed by atoms with Crippen LogP contribution in [-0.4, -0.2) is 22.9 Å². The van der Waals surface area contributed by atoms with Gasteiger partial charge >= 0.3 is 6.09 Å². The number of hydrogen-bond acceptors (Lipinski definition) is 4. The molecule has 0 unspecified atom stereocenters. The number of hydrogen-bond donors (Lipinski definition) is 3. The van der Waals surface area contributed by atoms with Gasteiger partial charge in [-0.15, -0.1) is 0 Å². The minimum absolute atomic E-state index is 0.0126. The van der Waals surface area contributed by atoms with Crippen LogP contribution in [-0.2, 0) is 4.74 Å². The third-order valence-electron chi connectivity index (χ3n) is 3.85. The summed E-state index contributed by atoms with van der Waals surface area (Å²) >= 11 is 0. The molecule has 24 heavy (non-hydrogen) atoms. The molecule has 5 heteroatoms. The molecule has 5 nitrogen and oxygen atoms in total. The summed E-state index contributed by atoms with van der Waals surface area (Å²) in [5.74, 6) is 0.0831. The van der Waals surface area contributed by atoms with Crippen LogP contribution >= 0.6 is 0 Å². The van der Waals surface area contributed by atoms with Crippen molar-refractivity contribution in [1.82, 2.24) is 0 Å². The Labute approximate surface area is 141 Å². The van der Waals surface area contributed by atoms with Crippen LogP contribution < -0.4 is 5.32 Å². The van der Waals surface area contributed by atoms with Crippen molar-refractivity contribution in [3.05, 3.63) is 59.7 Å². The van der Waals surface area contributed by atoms with Crippen LogP contribution in [0, 0.1) is 12.8 Å². The molecule has 2 rings (SSSR count). The molecule has 2 aromatic carbocycles. The molecular weight excluding hydrogens is 306 g/mol. The van der Waals surface area contributed by atoms with E-state index in [0.29, 0.717) is 12.1 Å². The highest BCUT2D eigenvalue weighted by atomic mass is 16.6. The number of phenolic OH excluding ortho intramolecular Hbond substituents is 1. The maximum atomic E-state index is 12.2. The molecule has 0 aliphatic heterocycles. The largest absolute Gasteiger partial charge is 0.508 e. The molecule has 0 bridgehead atoms. The zero-order valence-electron chi connectivity index (χ0n) is 13.9. The first-order valence-electron chi connectivity index (χ1n) is 7.93. The summed E-state index contributed by atoms with van der Waals surface area (Å²) < 4.78 is 5.58. The average molecular weight is 329 g/mol. The number of carbonyl (C=O) groups excluding carboxylic acids is 1. The number of aromatic hydroxyl groups is 1. The van der Waals surface area contributed by atoms with Crippen LogP contribution in [0.1, 0.15) is 30.6 Å². The minimum atomic E-state index is -0.554. The first-order valence-corrected chi connectivity index (χ1v) is 7.93. The molecule has 0 spiro atoms. The molecule has 128 valence electrons. The Morgan fingerprint density at radius 2 is 1.75 bits per heavy atom. The highest BCUT2D eigenvalue weighted by Gasteiger charge is 2.23. The second kappa shape index (κ2) is 8.36. The van der Waals surface area contributed by atoms with Crippen LogP contribution in [0.5, 0.6) is 5.75 Å². The Hall–Kier alpha value is -2.53. The van der Waals surface area contributed by atoms with E-state index in [0.717, 1.165) is 11.1 Å². The van der Waals surface area contributed by atoms with Crippen molar-refractivity contribution in [2.45, 2.75) is 26.4 Å². The molecule has 0 aromatic heterocycles. The molecule has 2 atom stereocenters. The van der Waals surface area contributed by atoms with E-state index in [2.05, 4.69) is 5.32 Å². The van der Waals surface area contributed by atoms with E-state index < -0.39 is 12.2 Å². The molecule has 2 aromatic rings. The molecule has 0 radical (unpaired) electrons. The van der Waals surface area contributed by atoms with E-state index in [1.807, 2.05) is 38.1 Å². The van der Waals surface area contributed by atoms with Gasteiger partial charge in [0.25, 0.3) is 0 Å². The van der Waals surface area contributed by atoms with E-state index in [9.17, 15) is 15.0 Å². The number of rotatable bonds is 6. The third-order valence-corrected chi connectivity index (χ3v) is 3.85. The molecule has 0 heterocycles. The van der Waals surface area contributed by atoms with E-state index in [1.165, 1.54) is 0 Å². The van der Waals surface area contributed by atoms with Gasteiger partial charge in [0.15, 0.2) is 0 Å². The number of aliphatic hydroxyl groups excluding tert-OH is 1. The number of benzene rings is 2. The molecule has 0 fully saturated rings. The van der Waals surface area contributed by atoms with Gasteiger partial charge in [0.1, 0.15) is 11.9 Å². The summed E-state index contributed by atoms with van der Waals surface area (Å²) in [6, 6.07) is 14.0. The Morgan fingerprint density at radius 1 is 1.12 bits per heavy atom.